The average Bonchev–Trinajstić information content (AvgIpc) is 2.66. The number of hydrogen-bond acceptors (Lipinski definition) is 6. The molecule has 0 aliphatic rings. The summed E-state index contributed by atoms with van der Waals surface area (Å²) in [6, 6.07) is 0.309. The minimum atomic E-state index is -0.359. The van der Waals surface area contributed by atoms with E-state index in [1.54, 1.807) is 24.2 Å². The van der Waals surface area contributed by atoms with E-state index in [9.17, 15) is 4.79 Å². The van der Waals surface area contributed by atoms with Gasteiger partial charge >= 0.3 is 5.97 Å². The molecule has 0 aliphatic carbocycles. The van der Waals surface area contributed by atoms with Gasteiger partial charge in [0.25, 0.3) is 0 Å². The summed E-state index contributed by atoms with van der Waals surface area (Å²) in [6.45, 7) is 4.23. The number of nitrogens with zero attached hydrogens (tertiary/aromatic N) is 1. The lowest BCUT2D eigenvalue weighted by Crippen LogP contribution is -2.19. The number of thioether (sulfide) groups is 1. The maximum Gasteiger partial charge on any atom is 0.360 e. The van der Waals surface area contributed by atoms with Gasteiger partial charge in [-0.1, -0.05) is 0 Å². The first-order valence-corrected chi connectivity index (χ1v) is 7.32. The van der Waals surface area contributed by atoms with Crippen molar-refractivity contribution in [1.82, 2.24) is 4.98 Å². The summed E-state index contributed by atoms with van der Waals surface area (Å²) in [7, 11) is 0. The summed E-state index contributed by atoms with van der Waals surface area (Å²) >= 11 is 3.19. The normalized spacial score (nSPS) is 12.2. The van der Waals surface area contributed by atoms with E-state index in [1.807, 2.05) is 0 Å². The zero-order valence-electron chi connectivity index (χ0n) is 9.65. The number of carbonyl (C=O) groups is 1. The van der Waals surface area contributed by atoms with Crippen molar-refractivity contribution in [3.8, 4) is 0 Å². The van der Waals surface area contributed by atoms with Crippen molar-refractivity contribution in [3.05, 3.63) is 11.2 Å². The Labute approximate surface area is 104 Å². The molecule has 6 heteroatoms. The van der Waals surface area contributed by atoms with Gasteiger partial charge < -0.3 is 10.1 Å². The number of ether oxygens (including phenoxy) is 1. The van der Waals surface area contributed by atoms with E-state index in [2.05, 4.69) is 23.5 Å². The smallest absolute Gasteiger partial charge is 0.360 e. The Morgan fingerprint density at radius 3 is 3.12 bits per heavy atom. The minimum Gasteiger partial charge on any atom is -0.461 e. The van der Waals surface area contributed by atoms with E-state index in [1.165, 1.54) is 11.3 Å². The summed E-state index contributed by atoms with van der Waals surface area (Å²) in [6.07, 6.45) is 2.05. The van der Waals surface area contributed by atoms with Gasteiger partial charge in [-0.15, -0.1) is 11.3 Å². The molecule has 1 heterocycles. The SMILES string of the molecule is CCOC(=O)c1ncsc1NC(C)CSC. The molecule has 0 aliphatic heterocycles. The lowest BCUT2D eigenvalue weighted by molar-refractivity contribution is 0.0521. The number of aromatic nitrogens is 1. The number of nitrogens with one attached hydrogen (secondary N) is 1. The number of carbonyl (C=O) groups excluding carboxylic acids is 1. The molecule has 1 atom stereocenters. The topological polar surface area (TPSA) is 51.2 Å². The third-order valence-corrected chi connectivity index (χ3v) is 3.42. The first kappa shape index (κ1) is 13.3. The van der Waals surface area contributed by atoms with E-state index < -0.39 is 0 Å². The molecule has 0 spiro atoms. The highest BCUT2D eigenvalue weighted by Gasteiger charge is 2.17. The standard InChI is InChI=1S/C10H16N2O2S2/c1-4-14-10(13)8-9(16-6-11-8)12-7(2)5-15-3/h6-7,12H,4-5H2,1-3H3. The number of hydrogen-bond donors (Lipinski definition) is 1. The maximum absolute atomic E-state index is 11.5. The highest BCUT2D eigenvalue weighted by Crippen LogP contribution is 2.22. The number of esters is 1. The van der Waals surface area contributed by atoms with Crippen molar-refractivity contribution >= 4 is 34.1 Å². The number of thiazole rings is 1. The maximum atomic E-state index is 11.5. The molecule has 1 aromatic heterocycles. The summed E-state index contributed by atoms with van der Waals surface area (Å²) < 4.78 is 4.93. The Morgan fingerprint density at radius 2 is 2.50 bits per heavy atom. The second-order valence-corrected chi connectivity index (χ2v) is 5.02. The van der Waals surface area contributed by atoms with Crippen LogP contribution < -0.4 is 5.32 Å². The van der Waals surface area contributed by atoms with Crippen LogP contribution in [0.3, 0.4) is 0 Å². The Kier molecular flexibility index (Phi) is 5.62. The van der Waals surface area contributed by atoms with Crippen LogP contribution in [-0.2, 0) is 4.74 Å². The Hall–Kier alpha value is -0.750. The second-order valence-electron chi connectivity index (χ2n) is 3.25. The van der Waals surface area contributed by atoms with Crippen LogP contribution in [0.25, 0.3) is 0 Å². The monoisotopic (exact) mass is 260 g/mol. The fourth-order valence-electron chi connectivity index (χ4n) is 1.21. The van der Waals surface area contributed by atoms with Gasteiger partial charge in [0, 0.05) is 11.8 Å². The van der Waals surface area contributed by atoms with E-state index in [-0.39, 0.29) is 5.97 Å². The lowest BCUT2D eigenvalue weighted by atomic mass is 10.3. The molecule has 4 nitrogen and oxygen atoms in total. The zero-order chi connectivity index (χ0) is 12.0. The summed E-state index contributed by atoms with van der Waals surface area (Å²) in [5.41, 5.74) is 2.04. The first-order chi connectivity index (χ1) is 7.69. The highest BCUT2D eigenvalue weighted by atomic mass is 32.2. The summed E-state index contributed by atoms with van der Waals surface area (Å²) in [4.78, 5) is 15.6. The number of rotatable bonds is 6. The highest BCUT2D eigenvalue weighted by molar-refractivity contribution is 7.98. The van der Waals surface area contributed by atoms with Gasteiger partial charge in [0.1, 0.15) is 5.00 Å². The van der Waals surface area contributed by atoms with E-state index in [0.717, 1.165) is 10.8 Å². The van der Waals surface area contributed by atoms with Gasteiger partial charge in [-0.2, -0.15) is 11.8 Å². The van der Waals surface area contributed by atoms with Crippen molar-refractivity contribution in [2.75, 3.05) is 23.9 Å². The quantitative estimate of drug-likeness (QED) is 0.796. The Balaban J connectivity index is 2.66. The van der Waals surface area contributed by atoms with Crippen LogP contribution in [-0.4, -0.2) is 35.6 Å². The van der Waals surface area contributed by atoms with Gasteiger partial charge in [0.2, 0.25) is 0 Å². The van der Waals surface area contributed by atoms with Crippen LogP contribution in [0.5, 0.6) is 0 Å². The first-order valence-electron chi connectivity index (χ1n) is 5.05. The average molecular weight is 260 g/mol. The molecule has 0 saturated carbocycles. The second kappa shape index (κ2) is 6.75. The molecule has 0 saturated heterocycles. The predicted molar refractivity (Wildman–Crippen MR) is 69.5 cm³/mol. The molecule has 0 amide bonds. The molecule has 1 rings (SSSR count). The van der Waals surface area contributed by atoms with Gasteiger partial charge in [-0.3, -0.25) is 0 Å². The lowest BCUT2D eigenvalue weighted by Gasteiger charge is -2.12. The molecule has 90 valence electrons. The molecule has 0 radical (unpaired) electrons. The van der Waals surface area contributed by atoms with E-state index >= 15 is 0 Å². The van der Waals surface area contributed by atoms with E-state index in [4.69, 9.17) is 4.74 Å². The van der Waals surface area contributed by atoms with Crippen LogP contribution in [0.15, 0.2) is 5.51 Å². The Morgan fingerprint density at radius 1 is 1.75 bits per heavy atom. The molecular weight excluding hydrogens is 244 g/mol. The molecular formula is C10H16N2O2S2. The van der Waals surface area contributed by atoms with Crippen molar-refractivity contribution < 1.29 is 9.53 Å². The molecule has 1 N–H and O–H groups in total. The largest absolute Gasteiger partial charge is 0.461 e. The zero-order valence-corrected chi connectivity index (χ0v) is 11.3. The fraction of sp³-hybridized carbons (Fsp3) is 0.600. The van der Waals surface area contributed by atoms with Crippen molar-refractivity contribution in [1.29, 1.82) is 0 Å². The van der Waals surface area contributed by atoms with Crippen LogP contribution in [0.1, 0.15) is 24.3 Å². The third kappa shape index (κ3) is 3.68. The summed E-state index contributed by atoms with van der Waals surface area (Å²) in [5.74, 6) is 0.628. The minimum absolute atomic E-state index is 0.309. The van der Waals surface area contributed by atoms with Gasteiger partial charge in [-0.05, 0) is 20.1 Å². The van der Waals surface area contributed by atoms with E-state index in [0.29, 0.717) is 18.3 Å². The van der Waals surface area contributed by atoms with Crippen LogP contribution in [0, 0.1) is 0 Å². The molecule has 1 aromatic rings. The molecule has 16 heavy (non-hydrogen) atoms. The number of anilines is 1. The van der Waals surface area contributed by atoms with Gasteiger partial charge in [0.05, 0.1) is 12.1 Å². The van der Waals surface area contributed by atoms with Crippen molar-refractivity contribution in [2.24, 2.45) is 0 Å². The van der Waals surface area contributed by atoms with Gasteiger partial charge in [0.15, 0.2) is 5.69 Å². The van der Waals surface area contributed by atoms with Crippen LogP contribution in [0.4, 0.5) is 5.00 Å². The predicted octanol–water partition coefficient (Wildman–Crippen LogP) is 2.48. The fourth-order valence-corrected chi connectivity index (χ4v) is 2.57. The molecule has 0 aromatic carbocycles. The van der Waals surface area contributed by atoms with Crippen LogP contribution >= 0.6 is 23.1 Å². The molecule has 0 fully saturated rings. The third-order valence-electron chi connectivity index (χ3n) is 1.83. The molecule has 1 unspecified atom stereocenters. The summed E-state index contributed by atoms with van der Waals surface area (Å²) in [5, 5.41) is 4.06. The van der Waals surface area contributed by atoms with Crippen LogP contribution in [0.2, 0.25) is 0 Å². The van der Waals surface area contributed by atoms with Crippen molar-refractivity contribution in [2.45, 2.75) is 19.9 Å². The van der Waals surface area contributed by atoms with Crippen molar-refractivity contribution in [3.63, 3.8) is 0 Å². The Bertz CT molecular complexity index is 341. The molecule has 0 bridgehead atoms. The van der Waals surface area contributed by atoms with Gasteiger partial charge in [-0.25, -0.2) is 9.78 Å².